The molecule has 1 saturated heterocycles. The lowest BCUT2D eigenvalue weighted by Gasteiger charge is -2.28. The van der Waals surface area contributed by atoms with Gasteiger partial charge in [0.05, 0.1) is 30.0 Å². The Balaban J connectivity index is 1.62. The van der Waals surface area contributed by atoms with Crippen LogP contribution in [0.4, 0.5) is 0 Å². The fourth-order valence-electron chi connectivity index (χ4n) is 4.66. The first kappa shape index (κ1) is 21.3. The van der Waals surface area contributed by atoms with Gasteiger partial charge in [-0.2, -0.15) is 0 Å². The van der Waals surface area contributed by atoms with Crippen molar-refractivity contribution in [3.63, 3.8) is 0 Å². The molecular weight excluding hydrogens is 428 g/mol. The molecule has 33 heavy (non-hydrogen) atoms. The summed E-state index contributed by atoms with van der Waals surface area (Å²) in [6, 6.07) is 18.3. The Morgan fingerprint density at radius 2 is 1.70 bits per heavy atom. The van der Waals surface area contributed by atoms with Crippen molar-refractivity contribution in [3.05, 3.63) is 107 Å². The Bertz CT molecular complexity index is 1280. The lowest BCUT2D eigenvalue weighted by Crippen LogP contribution is -2.29. The van der Waals surface area contributed by atoms with Crippen molar-refractivity contribution in [1.82, 2.24) is 29.7 Å². The molecule has 4 aromatic rings. The van der Waals surface area contributed by atoms with Crippen molar-refractivity contribution in [1.29, 1.82) is 0 Å². The second-order valence-corrected chi connectivity index (χ2v) is 8.82. The van der Waals surface area contributed by atoms with Gasteiger partial charge in [-0.3, -0.25) is 9.97 Å². The van der Waals surface area contributed by atoms with Crippen LogP contribution in [0.5, 0.6) is 0 Å². The molecule has 6 nitrogen and oxygen atoms in total. The van der Waals surface area contributed by atoms with Gasteiger partial charge in [-0.05, 0) is 86.6 Å². The highest BCUT2D eigenvalue weighted by Crippen LogP contribution is 2.41. The van der Waals surface area contributed by atoms with Gasteiger partial charge in [0.1, 0.15) is 5.82 Å². The predicted molar refractivity (Wildman–Crippen MR) is 133 cm³/mol. The highest BCUT2D eigenvalue weighted by atomic mass is 32.1. The fourth-order valence-corrected chi connectivity index (χ4v) is 4.97. The summed E-state index contributed by atoms with van der Waals surface area (Å²) in [6.07, 6.45) is 5.51. The molecule has 7 heteroatoms. The summed E-state index contributed by atoms with van der Waals surface area (Å²) in [5, 5.41) is 4.24. The molecule has 0 unspecified atom stereocenters. The smallest absolute Gasteiger partial charge is 0.170 e. The molecule has 1 aliphatic rings. The maximum atomic E-state index is 5.83. The molecular formula is C26H26N6S. The molecule has 5 heterocycles. The van der Waals surface area contributed by atoms with Gasteiger partial charge >= 0.3 is 0 Å². The highest BCUT2D eigenvalue weighted by molar-refractivity contribution is 7.80. The number of thiocarbonyl (C=S) groups is 1. The topological polar surface area (TPSA) is 58.9 Å². The maximum Gasteiger partial charge on any atom is 0.170 e. The lowest BCUT2D eigenvalue weighted by atomic mass is 9.96. The van der Waals surface area contributed by atoms with Crippen LogP contribution < -0.4 is 5.32 Å². The van der Waals surface area contributed by atoms with Gasteiger partial charge in [0, 0.05) is 30.0 Å². The minimum absolute atomic E-state index is 0.0286. The molecule has 0 amide bonds. The van der Waals surface area contributed by atoms with E-state index in [0.717, 1.165) is 28.6 Å². The highest BCUT2D eigenvalue weighted by Gasteiger charge is 2.41. The van der Waals surface area contributed by atoms with E-state index in [1.54, 1.807) is 0 Å². The number of hydrogen-bond acceptors (Lipinski definition) is 4. The second-order valence-electron chi connectivity index (χ2n) is 8.43. The van der Waals surface area contributed by atoms with Crippen LogP contribution in [0.1, 0.15) is 46.0 Å². The molecule has 0 aromatic carbocycles. The van der Waals surface area contributed by atoms with Crippen LogP contribution in [0.3, 0.4) is 0 Å². The van der Waals surface area contributed by atoms with Crippen molar-refractivity contribution in [3.8, 4) is 5.82 Å². The molecule has 1 aliphatic heterocycles. The predicted octanol–water partition coefficient (Wildman–Crippen LogP) is 4.76. The Morgan fingerprint density at radius 1 is 0.909 bits per heavy atom. The van der Waals surface area contributed by atoms with Crippen LogP contribution in [0.2, 0.25) is 0 Å². The van der Waals surface area contributed by atoms with Crippen LogP contribution in [-0.2, 0) is 6.54 Å². The summed E-state index contributed by atoms with van der Waals surface area (Å²) < 4.78 is 2.22. The van der Waals surface area contributed by atoms with Crippen LogP contribution in [0, 0.1) is 20.8 Å². The molecule has 5 rings (SSSR count). The summed E-state index contributed by atoms with van der Waals surface area (Å²) in [7, 11) is 0. The van der Waals surface area contributed by atoms with Gasteiger partial charge in [0.15, 0.2) is 5.11 Å². The molecule has 0 spiro atoms. The van der Waals surface area contributed by atoms with E-state index < -0.39 is 0 Å². The van der Waals surface area contributed by atoms with Crippen LogP contribution >= 0.6 is 12.2 Å². The van der Waals surface area contributed by atoms with E-state index in [0.29, 0.717) is 11.7 Å². The summed E-state index contributed by atoms with van der Waals surface area (Å²) >= 11 is 5.83. The Kier molecular flexibility index (Phi) is 5.64. The van der Waals surface area contributed by atoms with Crippen molar-refractivity contribution >= 4 is 17.3 Å². The van der Waals surface area contributed by atoms with E-state index in [2.05, 4.69) is 68.7 Å². The van der Waals surface area contributed by atoms with Gasteiger partial charge in [-0.1, -0.05) is 12.1 Å². The largest absolute Gasteiger partial charge is 0.352 e. The summed E-state index contributed by atoms with van der Waals surface area (Å²) in [4.78, 5) is 16.1. The number of nitrogens with zero attached hydrogens (tertiary/aromatic N) is 5. The lowest BCUT2D eigenvalue weighted by molar-refractivity contribution is 0.307. The summed E-state index contributed by atoms with van der Waals surface area (Å²) in [6.45, 7) is 6.99. The van der Waals surface area contributed by atoms with Crippen molar-refractivity contribution in [2.45, 2.75) is 39.4 Å². The van der Waals surface area contributed by atoms with Gasteiger partial charge in [-0.25, -0.2) is 4.98 Å². The number of rotatable bonds is 5. The third kappa shape index (κ3) is 4.00. The van der Waals surface area contributed by atoms with Gasteiger partial charge < -0.3 is 14.8 Å². The fraction of sp³-hybridized carbons (Fsp3) is 0.231. The molecule has 0 saturated carbocycles. The standard InChI is InChI=1S/C26H26N6S/c1-17-10-13-29-23(14-17)32-18(2)15-21(19(32)3)25-24(22-9-5-7-12-28-22)30-26(33)31(25)16-20-8-4-6-11-27-20/h4-15,24-25H,16H2,1-3H3,(H,30,33)/t24-,25-/m1/s1. The minimum Gasteiger partial charge on any atom is -0.352 e. The second kappa shape index (κ2) is 8.75. The maximum absolute atomic E-state index is 5.83. The molecule has 166 valence electrons. The van der Waals surface area contributed by atoms with Crippen LogP contribution in [0.25, 0.3) is 5.82 Å². The molecule has 4 aromatic heterocycles. The monoisotopic (exact) mass is 454 g/mol. The molecule has 1 fully saturated rings. The molecule has 0 aliphatic carbocycles. The molecule has 0 radical (unpaired) electrons. The molecule has 0 bridgehead atoms. The van der Waals surface area contributed by atoms with Crippen molar-refractivity contribution in [2.75, 3.05) is 0 Å². The third-order valence-corrected chi connectivity index (χ3v) is 6.53. The van der Waals surface area contributed by atoms with Gasteiger partial charge in [-0.15, -0.1) is 0 Å². The van der Waals surface area contributed by atoms with Crippen LogP contribution in [-0.4, -0.2) is 29.5 Å². The van der Waals surface area contributed by atoms with E-state index in [9.17, 15) is 0 Å². The van der Waals surface area contributed by atoms with Gasteiger partial charge in [0.25, 0.3) is 0 Å². The molecule has 1 N–H and O–H groups in total. The van der Waals surface area contributed by atoms with E-state index >= 15 is 0 Å². The number of aryl methyl sites for hydroxylation is 2. The average molecular weight is 455 g/mol. The van der Waals surface area contributed by atoms with Gasteiger partial charge in [0.2, 0.25) is 0 Å². The Morgan fingerprint density at radius 3 is 2.39 bits per heavy atom. The van der Waals surface area contributed by atoms with Crippen molar-refractivity contribution in [2.24, 2.45) is 0 Å². The van der Waals surface area contributed by atoms with Crippen LogP contribution in [0.15, 0.2) is 73.2 Å². The van der Waals surface area contributed by atoms with E-state index in [1.165, 1.54) is 11.1 Å². The number of aromatic nitrogens is 4. The van der Waals surface area contributed by atoms with E-state index in [4.69, 9.17) is 12.2 Å². The normalized spacial score (nSPS) is 17.9. The van der Waals surface area contributed by atoms with E-state index in [1.807, 2.05) is 55.0 Å². The zero-order valence-corrected chi connectivity index (χ0v) is 19.8. The number of pyridine rings is 3. The first-order valence-electron chi connectivity index (χ1n) is 11.0. The molecule has 2 atom stereocenters. The first-order chi connectivity index (χ1) is 16.0. The Hall–Kier alpha value is -3.58. The van der Waals surface area contributed by atoms with E-state index in [-0.39, 0.29) is 12.1 Å². The summed E-state index contributed by atoms with van der Waals surface area (Å²) in [5.74, 6) is 0.926. The zero-order valence-electron chi connectivity index (χ0n) is 18.9. The number of nitrogens with one attached hydrogen (secondary N) is 1. The quantitative estimate of drug-likeness (QED) is 0.439. The Labute approximate surface area is 199 Å². The third-order valence-electron chi connectivity index (χ3n) is 6.18. The number of hydrogen-bond donors (Lipinski definition) is 1. The average Bonchev–Trinajstić information content (AvgIpc) is 3.30. The SMILES string of the molecule is Cc1ccnc(-n2c(C)cc([C@@H]3[C@@H](c4ccccn4)NC(=S)N3Cc3ccccn3)c2C)c1. The first-order valence-corrected chi connectivity index (χ1v) is 11.4. The minimum atomic E-state index is -0.0677. The zero-order chi connectivity index (χ0) is 22.9. The van der Waals surface area contributed by atoms with Crippen molar-refractivity contribution < 1.29 is 0 Å². The summed E-state index contributed by atoms with van der Waals surface area (Å²) in [5.41, 5.74) is 6.61.